The van der Waals surface area contributed by atoms with Crippen molar-refractivity contribution in [2.24, 2.45) is 5.73 Å². The van der Waals surface area contributed by atoms with Crippen molar-refractivity contribution in [3.63, 3.8) is 0 Å². The zero-order valence-corrected chi connectivity index (χ0v) is 19.0. The molecular weight excluding hydrogens is 468 g/mol. The van der Waals surface area contributed by atoms with Gasteiger partial charge in [-0.2, -0.15) is 0 Å². The molecule has 8 nitrogen and oxygen atoms in total. The van der Waals surface area contributed by atoms with Crippen molar-refractivity contribution in [1.82, 2.24) is 9.62 Å². The summed E-state index contributed by atoms with van der Waals surface area (Å²) in [7, 11) is -4.71. The number of ketones is 1. The Labute approximate surface area is 196 Å². The topological polar surface area (TPSA) is 127 Å². The van der Waals surface area contributed by atoms with Gasteiger partial charge in [0.15, 0.2) is 5.78 Å². The zero-order valence-electron chi connectivity index (χ0n) is 18.2. The number of hydrogen-bond acceptors (Lipinski definition) is 6. The molecule has 2 aromatic carbocycles. The fourth-order valence-corrected chi connectivity index (χ4v) is 5.61. The third-order valence-corrected chi connectivity index (χ3v) is 7.33. The number of carbonyl (C=O) groups is 3. The maximum atomic E-state index is 15.3. The van der Waals surface area contributed by atoms with E-state index < -0.39 is 51.9 Å². The SMILES string of the molecule is NC(=O)CC(F)(F)[C@H](C(=O)N(C1CCCNCC1=O)S(=O)(=O)c1ccccc1)c1ccccc1. The Balaban J connectivity index is 2.20. The molecule has 1 fully saturated rings. The second-order valence-electron chi connectivity index (χ2n) is 8.00. The Morgan fingerprint density at radius 1 is 1.09 bits per heavy atom. The molecule has 11 heteroatoms. The van der Waals surface area contributed by atoms with E-state index in [1.165, 1.54) is 54.6 Å². The normalized spacial score (nSPS) is 18.1. The quantitative estimate of drug-likeness (QED) is 0.578. The van der Waals surface area contributed by atoms with E-state index in [4.69, 9.17) is 5.73 Å². The molecule has 1 aliphatic heterocycles. The molecule has 3 rings (SSSR count). The van der Waals surface area contributed by atoms with Gasteiger partial charge >= 0.3 is 0 Å². The van der Waals surface area contributed by atoms with E-state index in [9.17, 15) is 22.8 Å². The van der Waals surface area contributed by atoms with E-state index in [2.05, 4.69) is 5.32 Å². The maximum Gasteiger partial charge on any atom is 0.272 e. The van der Waals surface area contributed by atoms with E-state index in [0.717, 1.165) is 0 Å². The first-order valence-electron chi connectivity index (χ1n) is 10.6. The second-order valence-corrected chi connectivity index (χ2v) is 9.82. The first kappa shape index (κ1) is 25.4. The van der Waals surface area contributed by atoms with E-state index in [0.29, 0.717) is 13.0 Å². The number of halogens is 2. The lowest BCUT2D eigenvalue weighted by atomic mass is 9.89. The molecule has 0 saturated carbocycles. The van der Waals surface area contributed by atoms with Gasteiger partial charge in [-0.3, -0.25) is 14.4 Å². The largest absolute Gasteiger partial charge is 0.369 e. The molecule has 1 heterocycles. The summed E-state index contributed by atoms with van der Waals surface area (Å²) in [6, 6.07) is 12.2. The molecule has 182 valence electrons. The summed E-state index contributed by atoms with van der Waals surface area (Å²) in [6.45, 7) is 0.183. The maximum absolute atomic E-state index is 15.3. The summed E-state index contributed by atoms with van der Waals surface area (Å²) < 4.78 is 58.2. The van der Waals surface area contributed by atoms with Crippen LogP contribution in [0.15, 0.2) is 65.6 Å². The molecular formula is C23H25F2N3O5S. The van der Waals surface area contributed by atoms with E-state index >= 15 is 8.78 Å². The number of Topliss-reactive ketones (excluding diaryl/α,β-unsaturated/α-hetero) is 1. The summed E-state index contributed by atoms with van der Waals surface area (Å²) in [5.74, 6) is -9.84. The van der Waals surface area contributed by atoms with Crippen molar-refractivity contribution >= 4 is 27.6 Å². The number of nitrogens with zero attached hydrogens (tertiary/aromatic N) is 1. The summed E-state index contributed by atoms with van der Waals surface area (Å²) in [6.07, 6.45) is -1.16. The average Bonchev–Trinajstić information content (AvgIpc) is 2.98. The molecule has 1 unspecified atom stereocenters. The van der Waals surface area contributed by atoms with Crippen LogP contribution in [0.25, 0.3) is 0 Å². The van der Waals surface area contributed by atoms with Crippen molar-refractivity contribution in [2.75, 3.05) is 13.1 Å². The Bertz CT molecular complexity index is 1140. The fraction of sp³-hybridized carbons (Fsp3) is 0.348. The highest BCUT2D eigenvalue weighted by molar-refractivity contribution is 7.89. The molecule has 2 atom stereocenters. The Morgan fingerprint density at radius 3 is 2.26 bits per heavy atom. The summed E-state index contributed by atoms with van der Waals surface area (Å²) in [4.78, 5) is 37.7. The second kappa shape index (κ2) is 10.4. The van der Waals surface area contributed by atoms with Crippen LogP contribution < -0.4 is 11.1 Å². The monoisotopic (exact) mass is 493 g/mol. The average molecular weight is 494 g/mol. The van der Waals surface area contributed by atoms with Crippen LogP contribution >= 0.6 is 0 Å². The summed E-state index contributed by atoms with van der Waals surface area (Å²) in [5, 5.41) is 2.84. The Kier molecular flexibility index (Phi) is 7.78. The van der Waals surface area contributed by atoms with Gasteiger partial charge in [-0.05, 0) is 37.1 Å². The predicted molar refractivity (Wildman–Crippen MR) is 119 cm³/mol. The number of alkyl halides is 2. The van der Waals surface area contributed by atoms with Gasteiger partial charge in [0.2, 0.25) is 5.91 Å². The molecule has 0 radical (unpaired) electrons. The molecule has 34 heavy (non-hydrogen) atoms. The van der Waals surface area contributed by atoms with Gasteiger partial charge in [-0.15, -0.1) is 0 Å². The van der Waals surface area contributed by atoms with Crippen molar-refractivity contribution < 1.29 is 31.6 Å². The molecule has 0 aromatic heterocycles. The number of amides is 2. The van der Waals surface area contributed by atoms with E-state index in [1.807, 2.05) is 0 Å². The predicted octanol–water partition coefficient (Wildman–Crippen LogP) is 1.82. The van der Waals surface area contributed by atoms with Crippen LogP contribution in [0.4, 0.5) is 8.78 Å². The number of nitrogens with one attached hydrogen (secondary N) is 1. The minimum atomic E-state index is -4.71. The van der Waals surface area contributed by atoms with Gasteiger partial charge < -0.3 is 11.1 Å². The minimum Gasteiger partial charge on any atom is -0.369 e. The molecule has 0 aliphatic carbocycles. The number of hydrogen-bond donors (Lipinski definition) is 2. The smallest absolute Gasteiger partial charge is 0.272 e. The third kappa shape index (κ3) is 5.48. The van der Waals surface area contributed by atoms with Crippen LogP contribution in [0.5, 0.6) is 0 Å². The molecule has 2 amide bonds. The molecule has 3 N–H and O–H groups in total. The van der Waals surface area contributed by atoms with Gasteiger partial charge in [0.25, 0.3) is 21.9 Å². The number of sulfonamides is 1. The fourth-order valence-electron chi connectivity index (χ4n) is 3.98. The van der Waals surface area contributed by atoms with Crippen LogP contribution in [-0.2, 0) is 24.4 Å². The highest BCUT2D eigenvalue weighted by atomic mass is 32.2. The number of carbonyl (C=O) groups excluding carboxylic acids is 3. The van der Waals surface area contributed by atoms with Gasteiger partial charge in [-0.25, -0.2) is 21.5 Å². The zero-order chi connectivity index (χ0) is 24.9. The molecule has 1 aliphatic rings. The highest BCUT2D eigenvalue weighted by Gasteiger charge is 2.52. The van der Waals surface area contributed by atoms with Gasteiger partial charge in [0, 0.05) is 0 Å². The molecule has 1 saturated heterocycles. The van der Waals surface area contributed by atoms with Crippen LogP contribution in [0.2, 0.25) is 0 Å². The summed E-state index contributed by atoms with van der Waals surface area (Å²) in [5.41, 5.74) is 4.81. The first-order valence-corrected chi connectivity index (χ1v) is 12.1. The third-order valence-electron chi connectivity index (χ3n) is 5.51. The lowest BCUT2D eigenvalue weighted by molar-refractivity contribution is -0.145. The van der Waals surface area contributed by atoms with Crippen molar-refractivity contribution in [1.29, 1.82) is 0 Å². The molecule has 0 bridgehead atoms. The van der Waals surface area contributed by atoms with Crippen LogP contribution in [0.3, 0.4) is 0 Å². The van der Waals surface area contributed by atoms with E-state index in [-0.39, 0.29) is 27.7 Å². The minimum absolute atomic E-state index is 0.0352. The number of benzene rings is 2. The van der Waals surface area contributed by atoms with Crippen molar-refractivity contribution in [3.05, 3.63) is 66.2 Å². The standard InChI is InChI=1S/C23H25F2N3O5S/c24-23(25,14-20(26)30)21(16-8-3-1-4-9-16)22(31)28(18-12-7-13-27-15-19(18)29)34(32,33)17-10-5-2-6-11-17/h1-6,8-11,18,21,27H,7,12-15H2,(H2,26,30)/t18?,21-/m0/s1. The van der Waals surface area contributed by atoms with Crippen LogP contribution in [0, 0.1) is 0 Å². The van der Waals surface area contributed by atoms with E-state index in [1.54, 1.807) is 6.07 Å². The number of rotatable bonds is 8. The lowest BCUT2D eigenvalue weighted by Crippen LogP contribution is -2.53. The van der Waals surface area contributed by atoms with Gasteiger partial charge in [0.05, 0.1) is 17.9 Å². The van der Waals surface area contributed by atoms with Crippen molar-refractivity contribution in [3.8, 4) is 0 Å². The van der Waals surface area contributed by atoms with Crippen LogP contribution in [-0.4, -0.2) is 55.4 Å². The highest BCUT2D eigenvalue weighted by Crippen LogP contribution is 2.40. The first-order chi connectivity index (χ1) is 16.1. The van der Waals surface area contributed by atoms with Gasteiger partial charge in [0.1, 0.15) is 12.0 Å². The number of nitrogens with two attached hydrogens (primary N) is 1. The number of primary amides is 1. The summed E-state index contributed by atoms with van der Waals surface area (Å²) >= 11 is 0. The Morgan fingerprint density at radius 2 is 1.68 bits per heavy atom. The lowest BCUT2D eigenvalue weighted by Gasteiger charge is -2.34. The Hall–Kier alpha value is -3.18. The molecule has 2 aromatic rings. The molecule has 0 spiro atoms. The van der Waals surface area contributed by atoms with Gasteiger partial charge in [-0.1, -0.05) is 48.5 Å². The van der Waals surface area contributed by atoms with Crippen molar-refractivity contribution in [2.45, 2.75) is 42.0 Å². The van der Waals surface area contributed by atoms with Crippen LogP contribution in [0.1, 0.15) is 30.7 Å².